The van der Waals surface area contributed by atoms with E-state index < -0.39 is 26.4 Å². The van der Waals surface area contributed by atoms with Gasteiger partial charge in [0.2, 0.25) is 5.75 Å². The Labute approximate surface area is 321 Å². The normalized spacial score (nSPS) is 14.5. The second-order valence-corrected chi connectivity index (χ2v) is 20.7. The Morgan fingerprint density at radius 3 is 1.94 bits per heavy atom. The van der Waals surface area contributed by atoms with E-state index in [0.29, 0.717) is 22.9 Å². The fraction of sp³-hybridized carbons (Fsp3) is 0.419. The summed E-state index contributed by atoms with van der Waals surface area (Å²) in [6.45, 7) is 15.3. The lowest BCUT2D eigenvalue weighted by molar-refractivity contribution is -0.890. The van der Waals surface area contributed by atoms with Crippen molar-refractivity contribution in [2.45, 2.75) is 71.3 Å². The van der Waals surface area contributed by atoms with Crippen molar-refractivity contribution in [1.29, 1.82) is 0 Å². The van der Waals surface area contributed by atoms with Gasteiger partial charge in [-0.15, -0.1) is 0 Å². The van der Waals surface area contributed by atoms with Crippen molar-refractivity contribution in [1.82, 2.24) is 4.98 Å². The van der Waals surface area contributed by atoms with Gasteiger partial charge < -0.3 is 29.1 Å². The second kappa shape index (κ2) is 16.3. The first-order chi connectivity index (χ1) is 25.6. The maximum absolute atomic E-state index is 15.1. The van der Waals surface area contributed by atoms with Crippen LogP contribution in [0.25, 0.3) is 22.4 Å². The SMILES string of the molecule is COc1cc(-c2cc(C[N+](CCO[Si](C)(C)C(C)(C)C)(C(=O)OCC3c4ccccc4-c4ccccc43)C(C(N)=O)C(C)C)ccn2)cc(OC)c1OC. The van der Waals surface area contributed by atoms with Gasteiger partial charge in [-0.1, -0.05) is 83.1 Å². The van der Waals surface area contributed by atoms with Gasteiger partial charge >= 0.3 is 6.09 Å². The number of amides is 2. The number of aromatic nitrogens is 1. The molecule has 288 valence electrons. The minimum atomic E-state index is -2.24. The highest BCUT2D eigenvalue weighted by molar-refractivity contribution is 6.74. The third kappa shape index (κ3) is 8.04. The number of hydrogen-bond acceptors (Lipinski definition) is 8. The van der Waals surface area contributed by atoms with E-state index in [9.17, 15) is 4.79 Å². The molecule has 4 aromatic rings. The summed E-state index contributed by atoms with van der Waals surface area (Å²) in [6, 6.07) is 23.0. The van der Waals surface area contributed by atoms with Gasteiger partial charge in [0.25, 0.3) is 5.91 Å². The fourth-order valence-corrected chi connectivity index (χ4v) is 8.45. The lowest BCUT2D eigenvalue weighted by Gasteiger charge is -2.43. The number of methoxy groups -OCH3 is 3. The van der Waals surface area contributed by atoms with Crippen molar-refractivity contribution in [3.8, 4) is 39.6 Å². The number of quaternary nitrogens is 1. The van der Waals surface area contributed by atoms with Gasteiger partial charge in [-0.2, -0.15) is 4.79 Å². The van der Waals surface area contributed by atoms with Crippen molar-refractivity contribution in [2.75, 3.05) is 41.1 Å². The van der Waals surface area contributed by atoms with Gasteiger partial charge in [-0.05, 0) is 64.7 Å². The average Bonchev–Trinajstić information content (AvgIpc) is 3.45. The molecule has 2 atom stereocenters. The minimum Gasteiger partial charge on any atom is -0.493 e. The Balaban J connectivity index is 1.59. The van der Waals surface area contributed by atoms with Gasteiger partial charge in [0, 0.05) is 29.2 Å². The topological polar surface area (TPSA) is 119 Å². The Morgan fingerprint density at radius 2 is 1.44 bits per heavy atom. The Morgan fingerprint density at radius 1 is 0.870 bits per heavy atom. The van der Waals surface area contributed by atoms with E-state index in [4.69, 9.17) is 29.1 Å². The molecule has 1 aliphatic carbocycles. The highest BCUT2D eigenvalue weighted by Gasteiger charge is 2.52. The number of benzene rings is 3. The van der Waals surface area contributed by atoms with Crippen LogP contribution < -0.4 is 19.9 Å². The van der Waals surface area contributed by atoms with Crippen molar-refractivity contribution >= 4 is 20.3 Å². The minimum absolute atomic E-state index is 0.0615. The first-order valence-electron chi connectivity index (χ1n) is 18.5. The fourth-order valence-electron chi connectivity index (χ4n) is 7.42. The molecule has 10 nitrogen and oxygen atoms in total. The number of ether oxygens (including phenoxy) is 4. The van der Waals surface area contributed by atoms with Crippen LogP contribution in [0.2, 0.25) is 18.1 Å². The molecule has 0 spiro atoms. The highest BCUT2D eigenvalue weighted by Crippen LogP contribution is 2.45. The maximum Gasteiger partial charge on any atom is 0.517 e. The predicted molar refractivity (Wildman–Crippen MR) is 214 cm³/mol. The molecule has 0 saturated heterocycles. The van der Waals surface area contributed by atoms with Crippen LogP contribution in [0, 0.1) is 5.92 Å². The van der Waals surface area contributed by atoms with Crippen LogP contribution in [0.1, 0.15) is 57.2 Å². The molecule has 1 heterocycles. The molecule has 0 bridgehead atoms. The van der Waals surface area contributed by atoms with E-state index in [2.05, 4.69) is 63.1 Å². The van der Waals surface area contributed by atoms with E-state index >= 15 is 4.79 Å². The zero-order valence-electron chi connectivity index (χ0n) is 33.4. The third-order valence-corrected chi connectivity index (χ3v) is 15.7. The van der Waals surface area contributed by atoms with Gasteiger partial charge in [0.05, 0.1) is 33.6 Å². The van der Waals surface area contributed by atoms with E-state index in [0.717, 1.165) is 33.4 Å². The molecule has 54 heavy (non-hydrogen) atoms. The van der Waals surface area contributed by atoms with E-state index in [1.807, 2.05) is 62.4 Å². The van der Waals surface area contributed by atoms with Crippen LogP contribution >= 0.6 is 0 Å². The summed E-state index contributed by atoms with van der Waals surface area (Å²) in [5.41, 5.74) is 12.8. The summed E-state index contributed by atoms with van der Waals surface area (Å²) in [7, 11) is 2.44. The summed E-state index contributed by atoms with van der Waals surface area (Å²) in [6.07, 6.45) is 1.17. The van der Waals surface area contributed by atoms with Crippen molar-refractivity contribution in [3.63, 3.8) is 0 Å². The smallest absolute Gasteiger partial charge is 0.493 e. The largest absolute Gasteiger partial charge is 0.517 e. The number of nitrogens with two attached hydrogens (primary N) is 1. The van der Waals surface area contributed by atoms with Gasteiger partial charge in [0.15, 0.2) is 25.9 Å². The molecule has 5 rings (SSSR count). The Hall–Kier alpha value is -4.71. The Bertz CT molecular complexity index is 1900. The third-order valence-electron chi connectivity index (χ3n) is 11.2. The van der Waals surface area contributed by atoms with Crippen LogP contribution in [0.15, 0.2) is 79.0 Å². The number of carbonyl (C=O) groups excluding carboxylic acids is 2. The molecule has 2 N–H and O–H groups in total. The van der Waals surface area contributed by atoms with Gasteiger partial charge in [0.1, 0.15) is 19.7 Å². The number of hydrogen-bond donors (Lipinski definition) is 1. The van der Waals surface area contributed by atoms with Crippen molar-refractivity contribution < 1.29 is 37.4 Å². The number of pyridine rings is 1. The van der Waals surface area contributed by atoms with Crippen LogP contribution in [-0.4, -0.2) is 76.9 Å². The van der Waals surface area contributed by atoms with E-state index in [1.54, 1.807) is 27.5 Å². The van der Waals surface area contributed by atoms with Gasteiger partial charge in [-0.3, -0.25) is 9.78 Å². The lowest BCUT2D eigenvalue weighted by Crippen LogP contribution is -2.66. The maximum atomic E-state index is 15.1. The quantitative estimate of drug-likeness (QED) is 0.0948. The number of nitrogens with zero attached hydrogens (tertiary/aromatic N) is 2. The molecule has 0 aliphatic heterocycles. The molecule has 2 unspecified atom stereocenters. The molecular weight excluding hydrogens is 699 g/mol. The summed E-state index contributed by atoms with van der Waals surface area (Å²) >= 11 is 0. The van der Waals surface area contributed by atoms with Crippen molar-refractivity contribution in [2.24, 2.45) is 11.7 Å². The Kier molecular flexibility index (Phi) is 12.2. The molecule has 1 aliphatic rings. The highest BCUT2D eigenvalue weighted by atomic mass is 28.4. The monoisotopic (exact) mass is 754 g/mol. The standard InChI is InChI=1S/C43H55N3O7Si/c1-28(2)39(41(44)47)46(21-22-53-54(9,10)43(3,4)5,42(48)52-27-35-33-17-13-11-15-31(33)32-16-12-14-18-34(32)35)26-29-19-20-45-36(23-29)30-24-37(49-6)40(51-8)38(25-30)50-7/h11-20,23-25,28,35,39H,21-22,26-27H2,1-10H3,(H-,44,47)/p+1. The molecule has 0 radical (unpaired) electrons. The average molecular weight is 755 g/mol. The first kappa shape index (κ1) is 40.5. The predicted octanol–water partition coefficient (Wildman–Crippen LogP) is 8.57. The number of carbonyl (C=O) groups is 2. The summed E-state index contributed by atoms with van der Waals surface area (Å²) in [4.78, 5) is 33.3. The molecule has 0 fully saturated rings. The molecular formula is C43H56N3O7Si+. The number of fused-ring (bicyclic) bond motifs is 3. The zero-order valence-corrected chi connectivity index (χ0v) is 34.4. The molecule has 11 heteroatoms. The van der Waals surface area contributed by atoms with E-state index in [1.165, 1.54) is 0 Å². The second-order valence-electron chi connectivity index (χ2n) is 15.9. The summed E-state index contributed by atoms with van der Waals surface area (Å²) in [5, 5.41) is -0.0615. The number of primary amides is 1. The van der Waals surface area contributed by atoms with Gasteiger partial charge in [-0.25, -0.2) is 4.48 Å². The lowest BCUT2D eigenvalue weighted by atomic mass is 9.97. The van der Waals surface area contributed by atoms with Crippen LogP contribution in [0.5, 0.6) is 17.2 Å². The molecule has 1 aromatic heterocycles. The van der Waals surface area contributed by atoms with Crippen LogP contribution in [0.3, 0.4) is 0 Å². The first-order valence-corrected chi connectivity index (χ1v) is 21.4. The zero-order chi connectivity index (χ0) is 39.4. The number of rotatable bonds is 15. The molecule has 0 saturated carbocycles. The summed E-state index contributed by atoms with van der Waals surface area (Å²) < 4.78 is 29.5. The van der Waals surface area contributed by atoms with Crippen molar-refractivity contribution in [3.05, 3.63) is 95.7 Å². The molecule has 3 aromatic carbocycles. The summed E-state index contributed by atoms with van der Waals surface area (Å²) in [5.74, 6) is 0.398. The van der Waals surface area contributed by atoms with Crippen LogP contribution in [-0.2, 0) is 20.5 Å². The molecule has 2 amide bonds. The van der Waals surface area contributed by atoms with E-state index in [-0.39, 0.29) is 47.7 Å². The van der Waals surface area contributed by atoms with Crippen LogP contribution in [0.4, 0.5) is 4.79 Å².